The molecule has 1 aromatic heterocycles. The van der Waals surface area contributed by atoms with Crippen LogP contribution in [0.3, 0.4) is 0 Å². The van der Waals surface area contributed by atoms with Crippen LogP contribution in [-0.4, -0.2) is 51.5 Å². The molecule has 9 heteroatoms. The minimum atomic E-state index is -0.929. The van der Waals surface area contributed by atoms with Crippen LogP contribution in [0.1, 0.15) is 29.7 Å². The van der Waals surface area contributed by atoms with E-state index in [9.17, 15) is 14.4 Å². The maximum absolute atomic E-state index is 13.5. The highest BCUT2D eigenvalue weighted by Crippen LogP contribution is 2.21. The number of aromatic nitrogens is 2. The molecule has 2 atom stereocenters. The standard InChI is InChI=1S/C26H28N4O5/c31-24(30-13-7-12-23(30)25(32)34-16-19-8-3-1-4-9-19)22(14-21-15-27-18-28-21)29-26(33)35-17-20-10-5-2-6-11-20/h1-6,8-11,15,18,22-23H,7,12-14,16-17H2,(H,27,28)(H,29,33)/t22-,23-/m0/s1. The van der Waals surface area contributed by atoms with Gasteiger partial charge in [-0.05, 0) is 24.0 Å². The first-order valence-electron chi connectivity index (χ1n) is 11.6. The molecule has 4 rings (SSSR count). The fourth-order valence-corrected chi connectivity index (χ4v) is 4.02. The van der Waals surface area contributed by atoms with Crippen molar-refractivity contribution in [1.82, 2.24) is 20.2 Å². The van der Waals surface area contributed by atoms with Gasteiger partial charge in [-0.3, -0.25) is 4.79 Å². The van der Waals surface area contributed by atoms with Crippen LogP contribution in [0.4, 0.5) is 4.79 Å². The van der Waals surface area contributed by atoms with Gasteiger partial charge in [0.1, 0.15) is 25.3 Å². The number of nitrogens with zero attached hydrogens (tertiary/aromatic N) is 2. The number of nitrogens with one attached hydrogen (secondary N) is 2. The molecule has 2 aromatic carbocycles. The second kappa shape index (κ2) is 11.8. The summed E-state index contributed by atoms with van der Waals surface area (Å²) in [5.41, 5.74) is 2.38. The molecular weight excluding hydrogens is 448 g/mol. The van der Waals surface area contributed by atoms with Crippen LogP contribution in [0, 0.1) is 0 Å². The lowest BCUT2D eigenvalue weighted by Crippen LogP contribution is -2.53. The molecule has 0 saturated carbocycles. The number of H-pyrrole nitrogens is 1. The zero-order chi connectivity index (χ0) is 24.5. The molecule has 2 amide bonds. The number of imidazole rings is 1. The maximum atomic E-state index is 13.5. The lowest BCUT2D eigenvalue weighted by molar-refractivity contribution is -0.155. The molecule has 0 aliphatic carbocycles. The summed E-state index contributed by atoms with van der Waals surface area (Å²) in [4.78, 5) is 47.3. The van der Waals surface area contributed by atoms with E-state index in [2.05, 4.69) is 15.3 Å². The number of hydrogen-bond acceptors (Lipinski definition) is 6. The monoisotopic (exact) mass is 476 g/mol. The summed E-state index contributed by atoms with van der Waals surface area (Å²) < 4.78 is 10.8. The van der Waals surface area contributed by atoms with E-state index in [1.54, 1.807) is 6.20 Å². The minimum absolute atomic E-state index is 0.0792. The number of amides is 2. The molecule has 1 aliphatic heterocycles. The van der Waals surface area contributed by atoms with Gasteiger partial charge in [-0.1, -0.05) is 60.7 Å². The molecule has 182 valence electrons. The summed E-state index contributed by atoms with van der Waals surface area (Å²) in [5, 5.41) is 2.67. The second-order valence-electron chi connectivity index (χ2n) is 8.32. The number of rotatable bonds is 9. The molecule has 1 saturated heterocycles. The quantitative estimate of drug-likeness (QED) is 0.459. The lowest BCUT2D eigenvalue weighted by atomic mass is 10.1. The summed E-state index contributed by atoms with van der Waals surface area (Å²) in [7, 11) is 0. The Morgan fingerprint density at radius 1 is 1.00 bits per heavy atom. The fourth-order valence-electron chi connectivity index (χ4n) is 4.02. The smallest absolute Gasteiger partial charge is 0.408 e. The molecule has 35 heavy (non-hydrogen) atoms. The number of carbonyl (C=O) groups is 3. The summed E-state index contributed by atoms with van der Waals surface area (Å²) in [6.45, 7) is 0.625. The van der Waals surface area contributed by atoms with Crippen molar-refractivity contribution >= 4 is 18.0 Å². The van der Waals surface area contributed by atoms with Crippen LogP contribution < -0.4 is 5.32 Å². The summed E-state index contributed by atoms with van der Waals surface area (Å²) in [6.07, 6.45) is 3.74. The van der Waals surface area contributed by atoms with E-state index in [-0.39, 0.29) is 25.5 Å². The van der Waals surface area contributed by atoms with Gasteiger partial charge in [0.25, 0.3) is 0 Å². The highest BCUT2D eigenvalue weighted by Gasteiger charge is 2.39. The highest BCUT2D eigenvalue weighted by atomic mass is 16.5. The first-order chi connectivity index (χ1) is 17.1. The lowest BCUT2D eigenvalue weighted by Gasteiger charge is -2.28. The summed E-state index contributed by atoms with van der Waals surface area (Å²) in [5.74, 6) is -0.818. The van der Waals surface area contributed by atoms with Crippen LogP contribution in [0.15, 0.2) is 73.2 Å². The molecule has 3 aromatic rings. The van der Waals surface area contributed by atoms with Crippen molar-refractivity contribution in [2.75, 3.05) is 6.54 Å². The average molecular weight is 477 g/mol. The molecule has 2 heterocycles. The van der Waals surface area contributed by atoms with Gasteiger partial charge in [-0.15, -0.1) is 0 Å². The largest absolute Gasteiger partial charge is 0.459 e. The Morgan fingerprint density at radius 2 is 1.66 bits per heavy atom. The number of alkyl carbamates (subject to hydrolysis) is 1. The third-order valence-corrected chi connectivity index (χ3v) is 5.81. The zero-order valence-corrected chi connectivity index (χ0v) is 19.3. The molecule has 0 radical (unpaired) electrons. The number of benzene rings is 2. The Labute approximate surface area is 203 Å². The van der Waals surface area contributed by atoms with Crippen molar-refractivity contribution in [2.24, 2.45) is 0 Å². The highest BCUT2D eigenvalue weighted by molar-refractivity contribution is 5.90. The molecule has 9 nitrogen and oxygen atoms in total. The topological polar surface area (TPSA) is 114 Å². The Bertz CT molecular complexity index is 1110. The molecule has 0 unspecified atom stereocenters. The minimum Gasteiger partial charge on any atom is -0.459 e. The summed E-state index contributed by atoms with van der Waals surface area (Å²) in [6, 6.07) is 17.0. The Kier molecular flexibility index (Phi) is 8.11. The van der Waals surface area contributed by atoms with Crippen molar-refractivity contribution < 1.29 is 23.9 Å². The van der Waals surface area contributed by atoms with Crippen molar-refractivity contribution in [1.29, 1.82) is 0 Å². The number of esters is 1. The van der Waals surface area contributed by atoms with Crippen LogP contribution in [0.25, 0.3) is 0 Å². The van der Waals surface area contributed by atoms with E-state index in [1.807, 2.05) is 60.7 Å². The van der Waals surface area contributed by atoms with Crippen LogP contribution in [0.2, 0.25) is 0 Å². The van der Waals surface area contributed by atoms with Crippen molar-refractivity contribution in [2.45, 2.75) is 44.6 Å². The Morgan fingerprint density at radius 3 is 2.29 bits per heavy atom. The predicted molar refractivity (Wildman–Crippen MR) is 127 cm³/mol. The first-order valence-corrected chi connectivity index (χ1v) is 11.6. The third kappa shape index (κ3) is 6.69. The molecule has 0 spiro atoms. The zero-order valence-electron chi connectivity index (χ0n) is 19.3. The van der Waals surface area contributed by atoms with Gasteiger partial charge in [-0.2, -0.15) is 0 Å². The van der Waals surface area contributed by atoms with Gasteiger partial charge < -0.3 is 24.7 Å². The van der Waals surface area contributed by atoms with E-state index >= 15 is 0 Å². The van der Waals surface area contributed by atoms with Gasteiger partial charge >= 0.3 is 12.1 Å². The maximum Gasteiger partial charge on any atom is 0.408 e. The molecule has 1 fully saturated rings. The van der Waals surface area contributed by atoms with Crippen LogP contribution in [-0.2, 0) is 38.7 Å². The van der Waals surface area contributed by atoms with Gasteiger partial charge in [0.05, 0.1) is 6.33 Å². The van der Waals surface area contributed by atoms with Crippen molar-refractivity contribution in [3.8, 4) is 0 Å². The number of hydrogen-bond donors (Lipinski definition) is 2. The normalized spacial score (nSPS) is 15.9. The number of likely N-dealkylation sites (tertiary alicyclic amines) is 1. The van der Waals surface area contributed by atoms with Crippen molar-refractivity contribution in [3.63, 3.8) is 0 Å². The number of ether oxygens (including phenoxy) is 2. The van der Waals surface area contributed by atoms with E-state index in [4.69, 9.17) is 9.47 Å². The number of carbonyl (C=O) groups excluding carboxylic acids is 3. The predicted octanol–water partition coefficient (Wildman–Crippen LogP) is 2.98. The van der Waals surface area contributed by atoms with E-state index in [0.29, 0.717) is 25.1 Å². The van der Waals surface area contributed by atoms with Crippen LogP contribution in [0.5, 0.6) is 0 Å². The van der Waals surface area contributed by atoms with E-state index in [1.165, 1.54) is 11.2 Å². The molecule has 1 aliphatic rings. The summed E-state index contributed by atoms with van der Waals surface area (Å²) >= 11 is 0. The number of aromatic amines is 1. The third-order valence-electron chi connectivity index (χ3n) is 5.81. The van der Waals surface area contributed by atoms with Gasteiger partial charge in [-0.25, -0.2) is 14.6 Å². The Hall–Kier alpha value is -4.14. The molecular formula is C26H28N4O5. The fraction of sp³-hybridized carbons (Fsp3) is 0.308. The van der Waals surface area contributed by atoms with Gasteiger partial charge in [0.2, 0.25) is 5.91 Å². The SMILES string of the molecule is O=C(N[C@@H](Cc1cnc[nH]1)C(=O)N1CCC[C@H]1C(=O)OCc1ccccc1)OCc1ccccc1. The average Bonchev–Trinajstić information content (AvgIpc) is 3.59. The molecule has 2 N–H and O–H groups in total. The van der Waals surface area contributed by atoms with Gasteiger partial charge in [0, 0.05) is 24.9 Å². The second-order valence-corrected chi connectivity index (χ2v) is 8.32. The first kappa shape index (κ1) is 24.0. The van der Waals surface area contributed by atoms with E-state index in [0.717, 1.165) is 11.1 Å². The van der Waals surface area contributed by atoms with Crippen molar-refractivity contribution in [3.05, 3.63) is 90.0 Å². The van der Waals surface area contributed by atoms with E-state index < -0.39 is 24.1 Å². The van der Waals surface area contributed by atoms with Crippen LogP contribution >= 0.6 is 0 Å². The molecule has 0 bridgehead atoms. The van der Waals surface area contributed by atoms with Gasteiger partial charge in [0.15, 0.2) is 0 Å². The Balaban J connectivity index is 1.40.